The molecule has 0 amide bonds. The Balaban J connectivity index is 2.37. The van der Waals surface area contributed by atoms with Crippen LogP contribution in [0.3, 0.4) is 0 Å². The Bertz CT molecular complexity index is 264. The van der Waals surface area contributed by atoms with Crippen molar-refractivity contribution in [3.63, 3.8) is 0 Å². The van der Waals surface area contributed by atoms with Crippen LogP contribution >= 0.6 is 11.8 Å². The van der Waals surface area contributed by atoms with Crippen LogP contribution in [0, 0.1) is 6.92 Å². The Morgan fingerprint density at radius 2 is 1.92 bits per heavy atom. The largest absolute Gasteiger partial charge is 0.392 e. The second kappa shape index (κ2) is 5.84. The van der Waals surface area contributed by atoms with Gasteiger partial charge in [-0.1, -0.05) is 29.8 Å². The molecule has 1 N–H and O–H groups in total. The first-order valence-electron chi connectivity index (χ1n) is 4.28. The first-order valence-corrected chi connectivity index (χ1v) is 5.27. The summed E-state index contributed by atoms with van der Waals surface area (Å²) < 4.78 is 0. The minimum absolute atomic E-state index is 0.133. The predicted molar refractivity (Wildman–Crippen MR) is 58.1 cm³/mol. The topological polar surface area (TPSA) is 20.2 Å². The van der Waals surface area contributed by atoms with Crippen molar-refractivity contribution in [2.45, 2.75) is 11.8 Å². The van der Waals surface area contributed by atoms with Gasteiger partial charge < -0.3 is 5.11 Å². The van der Waals surface area contributed by atoms with Crippen LogP contribution in [0.15, 0.2) is 41.3 Å². The van der Waals surface area contributed by atoms with Crippen molar-refractivity contribution in [3.05, 3.63) is 42.0 Å². The van der Waals surface area contributed by atoms with Gasteiger partial charge in [0.25, 0.3) is 0 Å². The molecule has 0 aliphatic heterocycles. The first-order chi connectivity index (χ1) is 6.33. The molecular formula is C11H14OS. The van der Waals surface area contributed by atoms with Crippen LogP contribution in [0.1, 0.15) is 5.56 Å². The van der Waals surface area contributed by atoms with Crippen molar-refractivity contribution < 1.29 is 5.11 Å². The predicted octanol–water partition coefficient (Wildman–Crippen LogP) is 2.64. The van der Waals surface area contributed by atoms with E-state index in [1.807, 2.05) is 6.08 Å². The van der Waals surface area contributed by atoms with Crippen molar-refractivity contribution in [2.75, 3.05) is 12.4 Å². The summed E-state index contributed by atoms with van der Waals surface area (Å²) in [6.45, 7) is 2.22. The van der Waals surface area contributed by atoms with Gasteiger partial charge in [0.1, 0.15) is 0 Å². The third kappa shape index (κ3) is 4.15. The zero-order chi connectivity index (χ0) is 9.52. The van der Waals surface area contributed by atoms with E-state index in [1.54, 1.807) is 17.8 Å². The number of hydrogen-bond acceptors (Lipinski definition) is 2. The zero-order valence-electron chi connectivity index (χ0n) is 7.73. The molecule has 0 aliphatic carbocycles. The molecule has 0 saturated carbocycles. The zero-order valence-corrected chi connectivity index (χ0v) is 8.55. The van der Waals surface area contributed by atoms with Crippen molar-refractivity contribution in [2.24, 2.45) is 0 Å². The first kappa shape index (κ1) is 10.4. The molecule has 1 nitrogen and oxygen atoms in total. The summed E-state index contributed by atoms with van der Waals surface area (Å²) in [6, 6.07) is 8.45. The fraction of sp³-hybridized carbons (Fsp3) is 0.273. The second-order valence-corrected chi connectivity index (χ2v) is 3.87. The lowest BCUT2D eigenvalue weighted by atomic mass is 10.2. The lowest BCUT2D eigenvalue weighted by Crippen LogP contribution is -1.77. The summed E-state index contributed by atoms with van der Waals surface area (Å²) in [5, 5.41) is 8.50. The van der Waals surface area contributed by atoms with E-state index in [0.29, 0.717) is 0 Å². The van der Waals surface area contributed by atoms with Gasteiger partial charge >= 0.3 is 0 Å². The van der Waals surface area contributed by atoms with E-state index < -0.39 is 0 Å². The number of rotatable bonds is 4. The fourth-order valence-electron chi connectivity index (χ4n) is 0.921. The van der Waals surface area contributed by atoms with Gasteiger partial charge in [0, 0.05) is 10.6 Å². The highest BCUT2D eigenvalue weighted by atomic mass is 32.2. The van der Waals surface area contributed by atoms with E-state index in [9.17, 15) is 0 Å². The third-order valence-corrected chi connectivity index (χ3v) is 2.60. The molecule has 70 valence electrons. The van der Waals surface area contributed by atoms with Crippen LogP contribution in [0.4, 0.5) is 0 Å². The maximum absolute atomic E-state index is 8.50. The molecule has 0 unspecified atom stereocenters. The van der Waals surface area contributed by atoms with Crippen molar-refractivity contribution in [1.29, 1.82) is 0 Å². The van der Waals surface area contributed by atoms with E-state index in [2.05, 4.69) is 31.2 Å². The van der Waals surface area contributed by atoms with Crippen molar-refractivity contribution in [1.82, 2.24) is 0 Å². The van der Waals surface area contributed by atoms with E-state index in [1.165, 1.54) is 10.5 Å². The molecule has 1 aromatic carbocycles. The number of benzene rings is 1. The highest BCUT2D eigenvalue weighted by molar-refractivity contribution is 7.99. The van der Waals surface area contributed by atoms with Crippen LogP contribution in [-0.4, -0.2) is 17.5 Å². The normalized spacial score (nSPS) is 10.9. The van der Waals surface area contributed by atoms with Gasteiger partial charge in [-0.05, 0) is 19.1 Å². The maximum Gasteiger partial charge on any atom is 0.0612 e. The number of aryl methyl sites for hydroxylation is 1. The van der Waals surface area contributed by atoms with Crippen LogP contribution < -0.4 is 0 Å². The van der Waals surface area contributed by atoms with Crippen LogP contribution in [0.5, 0.6) is 0 Å². The van der Waals surface area contributed by atoms with Gasteiger partial charge in [0.2, 0.25) is 0 Å². The number of aliphatic hydroxyl groups excluding tert-OH is 1. The summed E-state index contributed by atoms with van der Waals surface area (Å²) in [5.74, 6) is 0.920. The van der Waals surface area contributed by atoms with E-state index in [4.69, 9.17) is 5.11 Å². The Hall–Kier alpha value is -0.730. The summed E-state index contributed by atoms with van der Waals surface area (Å²) in [6.07, 6.45) is 3.74. The van der Waals surface area contributed by atoms with Crippen LogP contribution in [0.2, 0.25) is 0 Å². The van der Waals surface area contributed by atoms with Crippen LogP contribution in [-0.2, 0) is 0 Å². The number of thioether (sulfide) groups is 1. The summed E-state index contributed by atoms with van der Waals surface area (Å²) in [5.41, 5.74) is 1.29. The molecule has 1 aromatic rings. The molecule has 0 spiro atoms. The van der Waals surface area contributed by atoms with E-state index in [0.717, 1.165) is 5.75 Å². The summed E-state index contributed by atoms with van der Waals surface area (Å²) >= 11 is 1.77. The standard InChI is InChI=1S/C11H14OS/c1-10-4-6-11(7-5-10)13-9-3-2-8-12/h2-7,12H,8-9H2,1H3/b3-2+. The Labute approximate surface area is 83.5 Å². The minimum atomic E-state index is 0.133. The van der Waals surface area contributed by atoms with E-state index in [-0.39, 0.29) is 6.61 Å². The van der Waals surface area contributed by atoms with Gasteiger partial charge in [0.15, 0.2) is 0 Å². The molecule has 0 saturated heterocycles. The molecule has 0 atom stereocenters. The molecule has 0 radical (unpaired) electrons. The molecule has 1 rings (SSSR count). The summed E-state index contributed by atoms with van der Waals surface area (Å²) in [7, 11) is 0. The Morgan fingerprint density at radius 3 is 2.54 bits per heavy atom. The molecule has 0 heterocycles. The van der Waals surface area contributed by atoms with E-state index >= 15 is 0 Å². The van der Waals surface area contributed by atoms with Gasteiger partial charge in [-0.25, -0.2) is 0 Å². The Kier molecular flexibility index (Phi) is 4.65. The fourth-order valence-corrected chi connectivity index (χ4v) is 1.67. The number of hydrogen-bond donors (Lipinski definition) is 1. The van der Waals surface area contributed by atoms with Gasteiger partial charge in [0.05, 0.1) is 6.61 Å². The smallest absolute Gasteiger partial charge is 0.0612 e. The monoisotopic (exact) mass is 194 g/mol. The number of aliphatic hydroxyl groups is 1. The Morgan fingerprint density at radius 1 is 1.23 bits per heavy atom. The molecule has 0 aromatic heterocycles. The average molecular weight is 194 g/mol. The van der Waals surface area contributed by atoms with Gasteiger partial charge in [-0.15, -0.1) is 11.8 Å². The molecule has 0 aliphatic rings. The lowest BCUT2D eigenvalue weighted by Gasteiger charge is -1.98. The van der Waals surface area contributed by atoms with Crippen molar-refractivity contribution in [3.8, 4) is 0 Å². The molecule has 0 bridgehead atoms. The van der Waals surface area contributed by atoms with Crippen LogP contribution in [0.25, 0.3) is 0 Å². The second-order valence-electron chi connectivity index (χ2n) is 2.78. The van der Waals surface area contributed by atoms with Gasteiger partial charge in [-0.3, -0.25) is 0 Å². The molecular weight excluding hydrogens is 180 g/mol. The highest BCUT2D eigenvalue weighted by Gasteiger charge is 1.90. The SMILES string of the molecule is Cc1ccc(SC/C=C/CO)cc1. The molecule has 2 heteroatoms. The maximum atomic E-state index is 8.50. The summed E-state index contributed by atoms with van der Waals surface area (Å²) in [4.78, 5) is 1.27. The van der Waals surface area contributed by atoms with Gasteiger partial charge in [-0.2, -0.15) is 0 Å². The quantitative estimate of drug-likeness (QED) is 0.587. The average Bonchev–Trinajstić information content (AvgIpc) is 2.15. The third-order valence-electron chi connectivity index (χ3n) is 1.64. The lowest BCUT2D eigenvalue weighted by molar-refractivity contribution is 0.342. The molecule has 0 fully saturated rings. The molecule has 13 heavy (non-hydrogen) atoms. The minimum Gasteiger partial charge on any atom is -0.392 e. The highest BCUT2D eigenvalue weighted by Crippen LogP contribution is 2.17. The van der Waals surface area contributed by atoms with Crippen molar-refractivity contribution >= 4 is 11.8 Å².